The summed E-state index contributed by atoms with van der Waals surface area (Å²) >= 11 is 0. The first kappa shape index (κ1) is 22.9. The lowest BCUT2D eigenvalue weighted by Gasteiger charge is -2.39. The number of hydrogen-bond donors (Lipinski definition) is 5. The van der Waals surface area contributed by atoms with E-state index in [1.807, 2.05) is 0 Å². The first-order chi connectivity index (χ1) is 14.8. The summed E-state index contributed by atoms with van der Waals surface area (Å²) in [5.41, 5.74) is 1.69. The zero-order chi connectivity index (χ0) is 22.5. The Morgan fingerprint density at radius 3 is 2.23 bits per heavy atom. The number of aliphatic hydroxyl groups excluding tert-OH is 4. The summed E-state index contributed by atoms with van der Waals surface area (Å²) in [6.07, 6.45) is -7.33. The van der Waals surface area contributed by atoms with Crippen molar-refractivity contribution in [3.05, 3.63) is 54.1 Å². The fourth-order valence-electron chi connectivity index (χ4n) is 3.30. The van der Waals surface area contributed by atoms with E-state index in [2.05, 4.69) is 0 Å². The van der Waals surface area contributed by atoms with E-state index in [9.17, 15) is 30.0 Å². The molecular weight excluding hydrogens is 408 g/mol. The van der Waals surface area contributed by atoms with E-state index in [0.29, 0.717) is 22.4 Å². The van der Waals surface area contributed by atoms with Crippen molar-refractivity contribution >= 4 is 11.8 Å². The van der Waals surface area contributed by atoms with Crippen LogP contribution in [0.15, 0.2) is 48.5 Å². The van der Waals surface area contributed by atoms with Crippen LogP contribution >= 0.6 is 0 Å². The molecule has 0 aromatic heterocycles. The molecule has 1 saturated heterocycles. The number of aliphatic carboxylic acids is 1. The number of ketones is 1. The van der Waals surface area contributed by atoms with Crippen molar-refractivity contribution in [3.63, 3.8) is 0 Å². The maximum Gasteiger partial charge on any atom is 0.303 e. The molecule has 5 N–H and O–H groups in total. The molecule has 9 nitrogen and oxygen atoms in total. The summed E-state index contributed by atoms with van der Waals surface area (Å²) in [5.74, 6) is -0.999. The standard InChI is InChI=1S/C22H24O9/c23-11-17-19(27)20(28)21(29)22(31-17)30-16-4-2-1-3-14(16)12-5-7-13(8-6-12)15(24)9-10-18(25)26/h1-8,17,19-23,27-29H,9-11H2,(H,25,26)/t17-,19-,20+,21+,22+/m1/s1. The maximum absolute atomic E-state index is 12.1. The number of carboxylic acid groups (broad SMARTS) is 1. The highest BCUT2D eigenvalue weighted by Crippen LogP contribution is 2.33. The zero-order valence-electron chi connectivity index (χ0n) is 16.5. The van der Waals surface area contributed by atoms with Gasteiger partial charge in [-0.05, 0) is 11.6 Å². The van der Waals surface area contributed by atoms with E-state index in [1.165, 1.54) is 0 Å². The first-order valence-electron chi connectivity index (χ1n) is 9.73. The lowest BCUT2D eigenvalue weighted by molar-refractivity contribution is -0.277. The van der Waals surface area contributed by atoms with Gasteiger partial charge in [0.2, 0.25) is 6.29 Å². The molecule has 0 spiro atoms. The number of hydrogen-bond acceptors (Lipinski definition) is 8. The number of aliphatic hydroxyl groups is 4. The largest absolute Gasteiger partial charge is 0.481 e. The van der Waals surface area contributed by atoms with Gasteiger partial charge in [0, 0.05) is 17.5 Å². The molecule has 9 heteroatoms. The molecule has 31 heavy (non-hydrogen) atoms. The van der Waals surface area contributed by atoms with Crippen molar-refractivity contribution in [2.75, 3.05) is 6.61 Å². The van der Waals surface area contributed by atoms with Crippen molar-refractivity contribution in [1.82, 2.24) is 0 Å². The predicted octanol–water partition coefficient (Wildman–Crippen LogP) is 0.580. The van der Waals surface area contributed by atoms with Gasteiger partial charge >= 0.3 is 5.97 Å². The molecule has 1 aliphatic heterocycles. The van der Waals surface area contributed by atoms with Gasteiger partial charge < -0.3 is 35.0 Å². The van der Waals surface area contributed by atoms with Crippen LogP contribution in [-0.4, -0.2) is 74.6 Å². The molecule has 1 aliphatic rings. The van der Waals surface area contributed by atoms with Crippen molar-refractivity contribution < 1.29 is 44.6 Å². The van der Waals surface area contributed by atoms with Crippen LogP contribution in [0.4, 0.5) is 0 Å². The van der Waals surface area contributed by atoms with Crippen LogP contribution in [0.25, 0.3) is 11.1 Å². The van der Waals surface area contributed by atoms with Gasteiger partial charge in [-0.3, -0.25) is 9.59 Å². The number of carbonyl (C=O) groups is 2. The van der Waals surface area contributed by atoms with Gasteiger partial charge in [-0.1, -0.05) is 42.5 Å². The Morgan fingerprint density at radius 2 is 1.58 bits per heavy atom. The Kier molecular flexibility index (Phi) is 7.37. The quantitative estimate of drug-likeness (QED) is 0.377. The predicted molar refractivity (Wildman–Crippen MR) is 107 cm³/mol. The lowest BCUT2D eigenvalue weighted by atomic mass is 9.99. The third-order valence-corrected chi connectivity index (χ3v) is 5.06. The molecule has 0 unspecified atom stereocenters. The lowest BCUT2D eigenvalue weighted by Crippen LogP contribution is -2.60. The van der Waals surface area contributed by atoms with Gasteiger partial charge in [0.1, 0.15) is 30.2 Å². The molecule has 0 radical (unpaired) electrons. The minimum absolute atomic E-state index is 0.0918. The van der Waals surface area contributed by atoms with Crippen LogP contribution in [0.1, 0.15) is 23.2 Å². The molecule has 2 aromatic rings. The summed E-state index contributed by atoms with van der Waals surface area (Å²) in [6, 6.07) is 13.4. The fraction of sp³-hybridized carbons (Fsp3) is 0.364. The topological polar surface area (TPSA) is 154 Å². The molecule has 5 atom stereocenters. The Hall–Kier alpha value is -2.82. The van der Waals surface area contributed by atoms with Crippen molar-refractivity contribution in [2.45, 2.75) is 43.5 Å². The number of ether oxygens (including phenoxy) is 2. The fourth-order valence-corrected chi connectivity index (χ4v) is 3.30. The van der Waals surface area contributed by atoms with Gasteiger partial charge in [-0.2, -0.15) is 0 Å². The molecule has 2 aromatic carbocycles. The van der Waals surface area contributed by atoms with Crippen molar-refractivity contribution in [2.24, 2.45) is 0 Å². The molecule has 166 valence electrons. The van der Waals surface area contributed by atoms with Crippen LogP contribution in [0, 0.1) is 0 Å². The Morgan fingerprint density at radius 1 is 0.903 bits per heavy atom. The number of carboxylic acids is 1. The van der Waals surface area contributed by atoms with E-state index in [0.717, 1.165) is 0 Å². The third kappa shape index (κ3) is 5.27. The minimum atomic E-state index is -1.56. The second-order valence-corrected chi connectivity index (χ2v) is 7.21. The van der Waals surface area contributed by atoms with E-state index in [-0.39, 0.29) is 18.6 Å². The summed E-state index contributed by atoms with van der Waals surface area (Å²) in [7, 11) is 0. The van der Waals surface area contributed by atoms with Crippen LogP contribution in [-0.2, 0) is 9.53 Å². The second-order valence-electron chi connectivity index (χ2n) is 7.21. The number of rotatable bonds is 8. The third-order valence-electron chi connectivity index (χ3n) is 5.06. The minimum Gasteiger partial charge on any atom is -0.481 e. The molecule has 0 saturated carbocycles. The van der Waals surface area contributed by atoms with E-state index in [1.54, 1.807) is 48.5 Å². The van der Waals surface area contributed by atoms with Crippen LogP contribution < -0.4 is 4.74 Å². The average Bonchev–Trinajstić information content (AvgIpc) is 2.78. The molecule has 1 fully saturated rings. The number of benzene rings is 2. The zero-order valence-corrected chi connectivity index (χ0v) is 16.5. The molecule has 0 aliphatic carbocycles. The normalized spacial score (nSPS) is 25.7. The first-order valence-corrected chi connectivity index (χ1v) is 9.73. The van der Waals surface area contributed by atoms with Gasteiger partial charge in [-0.25, -0.2) is 0 Å². The van der Waals surface area contributed by atoms with Crippen LogP contribution in [0.2, 0.25) is 0 Å². The van der Waals surface area contributed by atoms with E-state index >= 15 is 0 Å². The highest BCUT2D eigenvalue weighted by molar-refractivity contribution is 5.97. The molecule has 0 amide bonds. The molecular formula is C22H24O9. The summed E-state index contributed by atoms with van der Waals surface area (Å²) in [6.45, 7) is -0.566. The van der Waals surface area contributed by atoms with Gasteiger partial charge in [0.05, 0.1) is 13.0 Å². The average molecular weight is 432 g/mol. The Balaban J connectivity index is 1.79. The van der Waals surface area contributed by atoms with E-state index < -0.39 is 43.3 Å². The van der Waals surface area contributed by atoms with Gasteiger partial charge in [0.15, 0.2) is 5.78 Å². The highest BCUT2D eigenvalue weighted by Gasteiger charge is 2.44. The van der Waals surface area contributed by atoms with Crippen molar-refractivity contribution in [3.8, 4) is 16.9 Å². The summed E-state index contributed by atoms with van der Waals surface area (Å²) in [4.78, 5) is 22.7. The monoisotopic (exact) mass is 432 g/mol. The molecule has 0 bridgehead atoms. The number of para-hydroxylation sites is 1. The summed E-state index contributed by atoms with van der Waals surface area (Å²) < 4.78 is 11.2. The number of carbonyl (C=O) groups excluding carboxylic acids is 1. The van der Waals surface area contributed by atoms with E-state index in [4.69, 9.17) is 14.6 Å². The molecule has 1 heterocycles. The van der Waals surface area contributed by atoms with Gasteiger partial charge in [0.25, 0.3) is 0 Å². The van der Waals surface area contributed by atoms with Crippen LogP contribution in [0.5, 0.6) is 5.75 Å². The summed E-state index contributed by atoms with van der Waals surface area (Å²) in [5, 5.41) is 48.1. The van der Waals surface area contributed by atoms with Crippen LogP contribution in [0.3, 0.4) is 0 Å². The second kappa shape index (κ2) is 9.99. The van der Waals surface area contributed by atoms with Gasteiger partial charge in [-0.15, -0.1) is 0 Å². The Labute approximate surface area is 178 Å². The number of Topliss-reactive ketones (excluding diaryl/α,β-unsaturated/α-hetero) is 1. The SMILES string of the molecule is O=C(O)CCC(=O)c1ccc(-c2ccccc2O[C@H]2O[C@H](CO)[C@@H](O)[C@H](O)[C@@H]2O)cc1. The highest BCUT2D eigenvalue weighted by atomic mass is 16.7. The van der Waals surface area contributed by atoms with Crippen molar-refractivity contribution in [1.29, 1.82) is 0 Å². The smallest absolute Gasteiger partial charge is 0.303 e. The Bertz CT molecular complexity index is 909. The molecule has 3 rings (SSSR count). The maximum atomic E-state index is 12.1.